The number of benzene rings is 4. The van der Waals surface area contributed by atoms with Crippen LogP contribution >= 0.6 is 0 Å². The van der Waals surface area contributed by atoms with Crippen molar-refractivity contribution in [3.63, 3.8) is 0 Å². The summed E-state index contributed by atoms with van der Waals surface area (Å²) in [5, 5.41) is 0. The Bertz CT molecular complexity index is 1360. The minimum Gasteiger partial charge on any atom is -0.489 e. The van der Waals surface area contributed by atoms with Gasteiger partial charge >= 0.3 is 5.97 Å². The van der Waals surface area contributed by atoms with Crippen LogP contribution in [0.1, 0.15) is 46.8 Å². The number of carbonyl (C=O) groups excluding carboxylic acids is 2. The topological polar surface area (TPSA) is 65.0 Å². The van der Waals surface area contributed by atoms with Gasteiger partial charge in [-0.2, -0.15) is 0 Å². The number of esters is 1. The Morgan fingerprint density at radius 1 is 0.769 bits per heavy atom. The van der Waals surface area contributed by atoms with Crippen LogP contribution in [0.2, 0.25) is 0 Å². The Kier molecular flexibility index (Phi) is 9.73. The van der Waals surface area contributed by atoms with Gasteiger partial charge in [0.1, 0.15) is 24.2 Å². The molecule has 5 nitrogen and oxygen atoms in total. The summed E-state index contributed by atoms with van der Waals surface area (Å²) in [7, 11) is 0. The molecule has 4 rings (SSSR count). The number of Topliss-reactive ketones (excluding diaryl/α,β-unsaturated/α-hetero) is 1. The van der Waals surface area contributed by atoms with E-state index in [1.54, 1.807) is 49.4 Å². The highest BCUT2D eigenvalue weighted by Gasteiger charge is 2.22. The highest BCUT2D eigenvalue weighted by atomic mass is 19.1. The number of aliphatic imine (C=N–C) groups is 1. The largest absolute Gasteiger partial charge is 0.489 e. The number of ketones is 1. The maximum absolute atomic E-state index is 13.8. The molecule has 0 aliphatic heterocycles. The zero-order chi connectivity index (χ0) is 27.5. The molecule has 4 aromatic rings. The second-order valence-corrected chi connectivity index (χ2v) is 8.84. The van der Waals surface area contributed by atoms with E-state index in [2.05, 4.69) is 0 Å². The van der Waals surface area contributed by atoms with Crippen molar-refractivity contribution in [1.29, 1.82) is 0 Å². The molecule has 4 aromatic carbocycles. The fraction of sp³-hybridized carbons (Fsp3) is 0.182. The van der Waals surface area contributed by atoms with E-state index in [0.29, 0.717) is 22.6 Å². The molecule has 0 radical (unpaired) electrons. The maximum Gasteiger partial charge on any atom is 0.330 e. The van der Waals surface area contributed by atoms with Crippen molar-refractivity contribution in [3.05, 3.63) is 137 Å². The summed E-state index contributed by atoms with van der Waals surface area (Å²) in [6.45, 7) is 2.05. The van der Waals surface area contributed by atoms with Crippen molar-refractivity contribution < 1.29 is 23.5 Å². The van der Waals surface area contributed by atoms with Crippen LogP contribution in [0.5, 0.6) is 5.75 Å². The van der Waals surface area contributed by atoms with Crippen LogP contribution in [0.3, 0.4) is 0 Å². The van der Waals surface area contributed by atoms with Gasteiger partial charge in [0.05, 0.1) is 12.3 Å². The van der Waals surface area contributed by atoms with Crippen LogP contribution in [0, 0.1) is 5.82 Å². The molecular weight excluding hydrogens is 493 g/mol. The highest BCUT2D eigenvalue weighted by Crippen LogP contribution is 2.19. The van der Waals surface area contributed by atoms with Gasteiger partial charge in [0.25, 0.3) is 0 Å². The molecule has 198 valence electrons. The van der Waals surface area contributed by atoms with Crippen molar-refractivity contribution in [1.82, 2.24) is 0 Å². The first-order chi connectivity index (χ1) is 19.0. The third-order valence-electron chi connectivity index (χ3n) is 6.11. The van der Waals surface area contributed by atoms with E-state index in [1.165, 1.54) is 6.07 Å². The number of hydrogen-bond donors (Lipinski definition) is 0. The number of ether oxygens (including phenoxy) is 2. The predicted octanol–water partition coefficient (Wildman–Crippen LogP) is 6.84. The van der Waals surface area contributed by atoms with Crippen LogP contribution in [0.25, 0.3) is 0 Å². The zero-order valence-electron chi connectivity index (χ0n) is 21.8. The van der Waals surface area contributed by atoms with E-state index >= 15 is 0 Å². The molecule has 1 atom stereocenters. The lowest BCUT2D eigenvalue weighted by Crippen LogP contribution is -2.25. The van der Waals surface area contributed by atoms with Gasteiger partial charge in [0.15, 0.2) is 5.78 Å². The number of halogens is 1. The molecule has 39 heavy (non-hydrogen) atoms. The van der Waals surface area contributed by atoms with Gasteiger partial charge in [0, 0.05) is 28.7 Å². The normalized spacial score (nSPS) is 11.3. The van der Waals surface area contributed by atoms with Gasteiger partial charge < -0.3 is 9.47 Å². The molecule has 0 heterocycles. The number of nitrogens with zero attached hydrogens (tertiary/aromatic N) is 1. The molecule has 0 spiro atoms. The molecule has 0 aromatic heterocycles. The Morgan fingerprint density at radius 2 is 1.36 bits per heavy atom. The second kappa shape index (κ2) is 13.8. The standard InChI is InChI=1S/C33H30FNO4/c1-2-38-33(37)30(35-32(25-11-5-3-6-12-25)26-13-7-4-8-14-26)21-22-31(36)24-17-19-28(20-18-24)39-23-27-15-9-10-16-29(27)34/h3-20,30H,2,21-23H2,1H3/t30-/m0/s1. The first-order valence-corrected chi connectivity index (χ1v) is 12.9. The monoisotopic (exact) mass is 523 g/mol. The summed E-state index contributed by atoms with van der Waals surface area (Å²) in [5.41, 5.74) is 3.35. The summed E-state index contributed by atoms with van der Waals surface area (Å²) in [5.74, 6) is -0.391. The SMILES string of the molecule is CCOC(=O)[C@H](CCC(=O)c1ccc(OCc2ccccc2F)cc1)N=C(c1ccccc1)c1ccccc1. The Hall–Kier alpha value is -4.58. The summed E-state index contributed by atoms with van der Waals surface area (Å²) < 4.78 is 24.8. The number of rotatable bonds is 12. The lowest BCUT2D eigenvalue weighted by atomic mass is 10.00. The molecular formula is C33H30FNO4. The molecule has 0 saturated carbocycles. The average Bonchev–Trinajstić information content (AvgIpc) is 2.98. The Morgan fingerprint density at radius 3 is 1.95 bits per heavy atom. The van der Waals surface area contributed by atoms with Crippen molar-refractivity contribution in [2.45, 2.75) is 32.4 Å². The van der Waals surface area contributed by atoms with Gasteiger partial charge in [-0.15, -0.1) is 0 Å². The molecule has 0 bridgehead atoms. The molecule has 0 N–H and O–H groups in total. The van der Waals surface area contributed by atoms with Crippen molar-refractivity contribution in [2.24, 2.45) is 4.99 Å². The number of carbonyl (C=O) groups is 2. The fourth-order valence-corrected chi connectivity index (χ4v) is 4.06. The zero-order valence-corrected chi connectivity index (χ0v) is 21.8. The molecule has 0 fully saturated rings. The first kappa shape index (κ1) is 27.5. The van der Waals surface area contributed by atoms with E-state index in [1.807, 2.05) is 60.7 Å². The van der Waals surface area contributed by atoms with Gasteiger partial charge in [0.2, 0.25) is 0 Å². The van der Waals surface area contributed by atoms with Crippen LogP contribution in [0.15, 0.2) is 114 Å². The highest BCUT2D eigenvalue weighted by molar-refractivity contribution is 6.13. The van der Waals surface area contributed by atoms with Crippen molar-refractivity contribution >= 4 is 17.5 Å². The Labute approximate surface area is 227 Å². The lowest BCUT2D eigenvalue weighted by Gasteiger charge is -2.15. The van der Waals surface area contributed by atoms with Crippen LogP contribution in [0.4, 0.5) is 4.39 Å². The summed E-state index contributed by atoms with van der Waals surface area (Å²) in [6.07, 6.45) is 0.311. The van der Waals surface area contributed by atoms with Crippen LogP contribution < -0.4 is 4.74 Å². The lowest BCUT2D eigenvalue weighted by molar-refractivity contribution is -0.144. The van der Waals surface area contributed by atoms with Crippen molar-refractivity contribution in [2.75, 3.05) is 6.61 Å². The van der Waals surface area contributed by atoms with E-state index in [0.717, 1.165) is 11.1 Å². The number of hydrogen-bond acceptors (Lipinski definition) is 5. The molecule has 0 saturated heterocycles. The van der Waals surface area contributed by atoms with Gasteiger partial charge in [-0.1, -0.05) is 78.9 Å². The van der Waals surface area contributed by atoms with E-state index in [4.69, 9.17) is 14.5 Å². The first-order valence-electron chi connectivity index (χ1n) is 12.9. The van der Waals surface area contributed by atoms with Crippen molar-refractivity contribution in [3.8, 4) is 5.75 Å². The third-order valence-corrected chi connectivity index (χ3v) is 6.11. The maximum atomic E-state index is 13.8. The second-order valence-electron chi connectivity index (χ2n) is 8.84. The molecule has 0 unspecified atom stereocenters. The minimum atomic E-state index is -0.840. The van der Waals surface area contributed by atoms with E-state index in [-0.39, 0.29) is 37.7 Å². The molecule has 0 amide bonds. The summed E-state index contributed by atoms with van der Waals surface area (Å²) in [6, 6.07) is 31.5. The minimum absolute atomic E-state index is 0.0877. The summed E-state index contributed by atoms with van der Waals surface area (Å²) >= 11 is 0. The summed E-state index contributed by atoms with van der Waals surface area (Å²) in [4.78, 5) is 30.7. The van der Waals surface area contributed by atoms with Gasteiger partial charge in [-0.25, -0.2) is 9.18 Å². The molecule has 6 heteroatoms. The van der Waals surface area contributed by atoms with Gasteiger partial charge in [-0.05, 0) is 43.7 Å². The average molecular weight is 524 g/mol. The van der Waals surface area contributed by atoms with E-state index in [9.17, 15) is 14.0 Å². The van der Waals surface area contributed by atoms with Gasteiger partial charge in [-0.3, -0.25) is 9.79 Å². The Balaban J connectivity index is 1.47. The predicted molar refractivity (Wildman–Crippen MR) is 150 cm³/mol. The molecule has 0 aliphatic carbocycles. The third kappa shape index (κ3) is 7.71. The molecule has 0 aliphatic rings. The van der Waals surface area contributed by atoms with Crippen LogP contribution in [-0.4, -0.2) is 30.1 Å². The van der Waals surface area contributed by atoms with E-state index < -0.39 is 12.0 Å². The quantitative estimate of drug-likeness (QED) is 0.116. The van der Waals surface area contributed by atoms with Crippen LogP contribution in [-0.2, 0) is 16.1 Å². The smallest absolute Gasteiger partial charge is 0.330 e. The fourth-order valence-electron chi connectivity index (χ4n) is 4.06.